The van der Waals surface area contributed by atoms with Gasteiger partial charge in [0.2, 0.25) is 0 Å². The van der Waals surface area contributed by atoms with Gasteiger partial charge in [0.05, 0.1) is 7.11 Å². The third-order valence-electron chi connectivity index (χ3n) is 4.25. The molecular weight excluding hydrogens is 356 g/mol. The van der Waals surface area contributed by atoms with Crippen LogP contribution in [0.4, 0.5) is 0 Å². The minimum Gasteiger partial charge on any atom is -0.489 e. The molecule has 0 radical (unpaired) electrons. The van der Waals surface area contributed by atoms with Crippen LogP contribution in [0, 0.1) is 5.92 Å². The van der Waals surface area contributed by atoms with Gasteiger partial charge in [-0.3, -0.25) is 4.79 Å². The average Bonchev–Trinajstić information content (AvgIpc) is 2.56. The summed E-state index contributed by atoms with van der Waals surface area (Å²) in [5.74, 6) is 1.49. The number of methoxy groups -OCH3 is 1. The summed E-state index contributed by atoms with van der Waals surface area (Å²) in [6.45, 7) is 2.95. The molecule has 0 N–H and O–H groups in total. The van der Waals surface area contributed by atoms with Gasteiger partial charge in [-0.15, -0.1) is 0 Å². The Morgan fingerprint density at radius 3 is 2.74 bits per heavy atom. The van der Waals surface area contributed by atoms with Crippen molar-refractivity contribution in [1.29, 1.82) is 0 Å². The van der Waals surface area contributed by atoms with E-state index in [0.29, 0.717) is 13.0 Å². The topological polar surface area (TPSA) is 35.5 Å². The van der Waals surface area contributed by atoms with Crippen molar-refractivity contribution in [3.8, 4) is 5.75 Å². The lowest BCUT2D eigenvalue weighted by Gasteiger charge is -2.22. The molecule has 1 unspecified atom stereocenters. The highest BCUT2D eigenvalue weighted by Crippen LogP contribution is 2.32. The first-order valence-corrected chi connectivity index (χ1v) is 9.02. The number of ether oxygens (including phenoxy) is 2. The zero-order chi connectivity index (χ0) is 16.7. The molecule has 4 heteroatoms. The standard InChI is InChI=1S/C19H25BrO3/c1-14-6-11-18(20)16(12-14)13-23-17-9-7-15(8-10-17)4-3-5-19(21)22-2/h7-10,14H,3-6,11-13H2,1-2H3. The lowest BCUT2D eigenvalue weighted by Crippen LogP contribution is -2.11. The van der Waals surface area contributed by atoms with Gasteiger partial charge >= 0.3 is 5.97 Å². The SMILES string of the molecule is COC(=O)CCCc1ccc(OCC2=C(Br)CCC(C)C2)cc1. The summed E-state index contributed by atoms with van der Waals surface area (Å²) in [4.78, 5) is 11.1. The molecule has 0 bridgehead atoms. The van der Waals surface area contributed by atoms with Crippen LogP contribution in [-0.2, 0) is 16.0 Å². The molecule has 0 fully saturated rings. The first kappa shape index (κ1) is 18.1. The third kappa shape index (κ3) is 6.02. The van der Waals surface area contributed by atoms with Crippen molar-refractivity contribution >= 4 is 21.9 Å². The number of rotatable bonds is 7. The number of halogens is 1. The minimum atomic E-state index is -0.148. The molecule has 2 rings (SSSR count). The van der Waals surface area contributed by atoms with E-state index in [2.05, 4.69) is 39.7 Å². The zero-order valence-corrected chi connectivity index (χ0v) is 15.5. The smallest absolute Gasteiger partial charge is 0.305 e. The van der Waals surface area contributed by atoms with Crippen LogP contribution >= 0.6 is 15.9 Å². The summed E-state index contributed by atoms with van der Waals surface area (Å²) in [5.41, 5.74) is 2.60. The molecule has 1 aromatic rings. The largest absolute Gasteiger partial charge is 0.489 e. The highest BCUT2D eigenvalue weighted by Gasteiger charge is 2.16. The maximum Gasteiger partial charge on any atom is 0.305 e. The third-order valence-corrected chi connectivity index (χ3v) is 5.20. The second-order valence-electron chi connectivity index (χ2n) is 6.22. The summed E-state index contributed by atoms with van der Waals surface area (Å²) in [6, 6.07) is 8.15. The normalized spacial score (nSPS) is 18.0. The number of benzene rings is 1. The summed E-state index contributed by atoms with van der Waals surface area (Å²) < 4.78 is 11.9. The fourth-order valence-electron chi connectivity index (χ4n) is 2.78. The quantitative estimate of drug-likeness (QED) is 0.622. The molecule has 126 valence electrons. The van der Waals surface area contributed by atoms with Crippen LogP contribution in [0.15, 0.2) is 34.3 Å². The van der Waals surface area contributed by atoms with Crippen LogP contribution in [0.25, 0.3) is 0 Å². The molecule has 1 atom stereocenters. The number of carbonyl (C=O) groups is 1. The monoisotopic (exact) mass is 380 g/mol. The zero-order valence-electron chi connectivity index (χ0n) is 13.9. The molecule has 0 aliphatic heterocycles. The van der Waals surface area contributed by atoms with Crippen LogP contribution < -0.4 is 4.74 Å². The summed E-state index contributed by atoms with van der Waals surface area (Å²) in [7, 11) is 1.43. The maximum atomic E-state index is 11.1. The second kappa shape index (κ2) is 9.11. The van der Waals surface area contributed by atoms with E-state index in [9.17, 15) is 4.79 Å². The summed E-state index contributed by atoms with van der Waals surface area (Å²) in [6.07, 6.45) is 5.65. The molecule has 0 spiro atoms. The van der Waals surface area contributed by atoms with Gasteiger partial charge in [-0.1, -0.05) is 35.0 Å². The van der Waals surface area contributed by atoms with Gasteiger partial charge in [0.15, 0.2) is 0 Å². The number of hydrogen-bond acceptors (Lipinski definition) is 3. The maximum absolute atomic E-state index is 11.1. The second-order valence-corrected chi connectivity index (χ2v) is 7.18. The Labute approximate surface area is 147 Å². The van der Waals surface area contributed by atoms with Crippen molar-refractivity contribution in [2.24, 2.45) is 5.92 Å². The van der Waals surface area contributed by atoms with Gasteiger partial charge in [0, 0.05) is 6.42 Å². The molecular formula is C19H25BrO3. The first-order chi connectivity index (χ1) is 11.1. The van der Waals surface area contributed by atoms with E-state index in [0.717, 1.165) is 37.4 Å². The Bertz CT molecular complexity index is 548. The van der Waals surface area contributed by atoms with Gasteiger partial charge in [-0.05, 0) is 65.8 Å². The molecule has 23 heavy (non-hydrogen) atoms. The minimum absolute atomic E-state index is 0.148. The molecule has 1 aromatic carbocycles. The van der Waals surface area contributed by atoms with Crippen LogP contribution in [0.1, 0.15) is 44.6 Å². The number of allylic oxidation sites excluding steroid dienone is 1. The molecule has 0 aromatic heterocycles. The van der Waals surface area contributed by atoms with E-state index >= 15 is 0 Å². The van der Waals surface area contributed by atoms with Crippen molar-refractivity contribution in [3.63, 3.8) is 0 Å². The van der Waals surface area contributed by atoms with Gasteiger partial charge < -0.3 is 9.47 Å². The van der Waals surface area contributed by atoms with E-state index in [1.54, 1.807) is 0 Å². The van der Waals surface area contributed by atoms with E-state index in [-0.39, 0.29) is 5.97 Å². The summed E-state index contributed by atoms with van der Waals surface area (Å²) >= 11 is 3.68. The Hall–Kier alpha value is -1.29. The predicted octanol–water partition coefficient (Wildman–Crippen LogP) is 5.03. The van der Waals surface area contributed by atoms with Crippen LogP contribution in [0.3, 0.4) is 0 Å². The van der Waals surface area contributed by atoms with Crippen molar-refractivity contribution in [2.75, 3.05) is 13.7 Å². The average molecular weight is 381 g/mol. The van der Waals surface area contributed by atoms with Crippen LogP contribution in [0.5, 0.6) is 5.75 Å². The lowest BCUT2D eigenvalue weighted by atomic mass is 9.91. The Balaban J connectivity index is 1.80. The van der Waals surface area contributed by atoms with E-state index < -0.39 is 0 Å². The molecule has 3 nitrogen and oxygen atoms in total. The molecule has 1 aliphatic carbocycles. The van der Waals surface area contributed by atoms with Crippen LogP contribution in [-0.4, -0.2) is 19.7 Å². The number of carbonyl (C=O) groups excluding carboxylic acids is 1. The van der Waals surface area contributed by atoms with Gasteiger partial charge in [0.25, 0.3) is 0 Å². The molecule has 0 amide bonds. The fourth-order valence-corrected chi connectivity index (χ4v) is 3.29. The Morgan fingerprint density at radius 1 is 1.30 bits per heavy atom. The molecule has 0 heterocycles. The van der Waals surface area contributed by atoms with E-state index in [4.69, 9.17) is 4.74 Å². The Kier molecular flexibility index (Phi) is 7.15. The van der Waals surface area contributed by atoms with Crippen molar-refractivity contribution in [2.45, 2.75) is 45.4 Å². The first-order valence-electron chi connectivity index (χ1n) is 8.23. The molecule has 0 saturated heterocycles. The molecule has 0 saturated carbocycles. The number of hydrogen-bond donors (Lipinski definition) is 0. The fraction of sp³-hybridized carbons (Fsp3) is 0.526. The summed E-state index contributed by atoms with van der Waals surface area (Å²) in [5, 5.41) is 0. The van der Waals surface area contributed by atoms with Gasteiger partial charge in [-0.25, -0.2) is 0 Å². The van der Waals surface area contributed by atoms with Crippen LogP contribution in [0.2, 0.25) is 0 Å². The number of esters is 1. The van der Waals surface area contributed by atoms with Gasteiger partial charge in [0.1, 0.15) is 12.4 Å². The van der Waals surface area contributed by atoms with Crippen molar-refractivity contribution in [3.05, 3.63) is 39.9 Å². The van der Waals surface area contributed by atoms with Gasteiger partial charge in [-0.2, -0.15) is 0 Å². The van der Waals surface area contributed by atoms with E-state index in [1.165, 1.54) is 29.1 Å². The molecule has 1 aliphatic rings. The predicted molar refractivity (Wildman–Crippen MR) is 95.9 cm³/mol. The lowest BCUT2D eigenvalue weighted by molar-refractivity contribution is -0.140. The van der Waals surface area contributed by atoms with E-state index in [1.807, 2.05) is 12.1 Å². The van der Waals surface area contributed by atoms with Crippen molar-refractivity contribution < 1.29 is 14.3 Å². The number of aryl methyl sites for hydroxylation is 1. The highest BCUT2D eigenvalue weighted by atomic mass is 79.9. The Morgan fingerprint density at radius 2 is 2.04 bits per heavy atom. The van der Waals surface area contributed by atoms with Crippen molar-refractivity contribution in [1.82, 2.24) is 0 Å². The highest BCUT2D eigenvalue weighted by molar-refractivity contribution is 9.11.